The number of aromatic nitrogens is 1. The van der Waals surface area contributed by atoms with Gasteiger partial charge in [-0.1, -0.05) is 6.07 Å². The number of pyridine rings is 1. The predicted molar refractivity (Wildman–Crippen MR) is 76.5 cm³/mol. The summed E-state index contributed by atoms with van der Waals surface area (Å²) in [6, 6.07) is 7.44. The molecule has 0 bridgehead atoms. The molecule has 21 heavy (non-hydrogen) atoms. The van der Waals surface area contributed by atoms with Crippen LogP contribution in [-0.4, -0.2) is 21.6 Å². The number of hydrogen-bond acceptors (Lipinski definition) is 3. The van der Waals surface area contributed by atoms with Gasteiger partial charge in [-0.05, 0) is 36.2 Å². The van der Waals surface area contributed by atoms with Gasteiger partial charge in [0.2, 0.25) is 5.91 Å². The Labute approximate surface area is 120 Å². The number of primary amides is 1. The standard InChI is InChI=1S/C15H14N2O4/c1-9-6-10(14(16)19)2-3-12(9)8-17-5-4-11(15(20)21)7-13(17)18/h2-7H,8H2,1H3,(H2,16,19)(H,20,21). The summed E-state index contributed by atoms with van der Waals surface area (Å²) in [5.74, 6) is -1.64. The van der Waals surface area contributed by atoms with Crippen LogP contribution in [0.5, 0.6) is 0 Å². The third-order valence-electron chi connectivity index (χ3n) is 3.21. The third kappa shape index (κ3) is 3.17. The largest absolute Gasteiger partial charge is 0.478 e. The van der Waals surface area contributed by atoms with Gasteiger partial charge < -0.3 is 15.4 Å². The zero-order valence-corrected chi connectivity index (χ0v) is 11.4. The molecule has 0 aliphatic heterocycles. The molecule has 0 aliphatic rings. The number of rotatable bonds is 4. The number of carbonyl (C=O) groups is 2. The van der Waals surface area contributed by atoms with Crippen molar-refractivity contribution in [3.63, 3.8) is 0 Å². The maximum absolute atomic E-state index is 11.9. The Hall–Kier alpha value is -2.89. The molecule has 0 radical (unpaired) electrons. The molecule has 108 valence electrons. The number of carbonyl (C=O) groups excluding carboxylic acids is 1. The Morgan fingerprint density at radius 2 is 1.90 bits per heavy atom. The van der Waals surface area contributed by atoms with Crippen LogP contribution in [0.2, 0.25) is 0 Å². The number of aromatic carboxylic acids is 1. The van der Waals surface area contributed by atoms with E-state index in [0.29, 0.717) is 12.1 Å². The fraction of sp³-hybridized carbons (Fsp3) is 0.133. The summed E-state index contributed by atoms with van der Waals surface area (Å²) < 4.78 is 1.40. The van der Waals surface area contributed by atoms with Crippen LogP contribution < -0.4 is 11.3 Å². The SMILES string of the molecule is Cc1cc(C(N)=O)ccc1Cn1ccc(C(=O)O)cc1=O. The first kappa shape index (κ1) is 14.5. The molecule has 1 aromatic carbocycles. The zero-order valence-electron chi connectivity index (χ0n) is 11.4. The topological polar surface area (TPSA) is 102 Å². The molecular formula is C15H14N2O4. The van der Waals surface area contributed by atoms with E-state index in [0.717, 1.165) is 17.2 Å². The van der Waals surface area contributed by atoms with E-state index >= 15 is 0 Å². The van der Waals surface area contributed by atoms with E-state index < -0.39 is 17.4 Å². The van der Waals surface area contributed by atoms with Crippen LogP contribution in [0, 0.1) is 6.92 Å². The maximum atomic E-state index is 11.9. The van der Waals surface area contributed by atoms with E-state index in [1.165, 1.54) is 16.8 Å². The molecule has 1 aromatic heterocycles. The van der Waals surface area contributed by atoms with Crippen LogP contribution in [0.4, 0.5) is 0 Å². The number of nitrogens with zero attached hydrogens (tertiary/aromatic N) is 1. The molecule has 3 N–H and O–H groups in total. The molecule has 0 saturated heterocycles. The predicted octanol–water partition coefficient (Wildman–Crippen LogP) is 1.00. The highest BCUT2D eigenvalue weighted by atomic mass is 16.4. The lowest BCUT2D eigenvalue weighted by Crippen LogP contribution is -2.21. The Bertz CT molecular complexity index is 777. The Morgan fingerprint density at radius 3 is 2.43 bits per heavy atom. The van der Waals surface area contributed by atoms with E-state index in [4.69, 9.17) is 10.8 Å². The molecule has 2 aromatic rings. The summed E-state index contributed by atoms with van der Waals surface area (Å²) in [6.07, 6.45) is 1.44. The zero-order chi connectivity index (χ0) is 15.6. The van der Waals surface area contributed by atoms with Crippen LogP contribution in [0.25, 0.3) is 0 Å². The molecule has 0 aliphatic carbocycles. The summed E-state index contributed by atoms with van der Waals surface area (Å²) in [5.41, 5.74) is 6.86. The van der Waals surface area contributed by atoms with Gasteiger partial charge in [0.1, 0.15) is 0 Å². The molecule has 0 saturated carbocycles. The molecular weight excluding hydrogens is 272 g/mol. The van der Waals surface area contributed by atoms with Crippen molar-refractivity contribution in [2.75, 3.05) is 0 Å². The molecule has 0 atom stereocenters. The fourth-order valence-electron chi connectivity index (χ4n) is 1.98. The van der Waals surface area contributed by atoms with Gasteiger partial charge in [-0.3, -0.25) is 9.59 Å². The second kappa shape index (κ2) is 5.62. The molecule has 6 heteroatoms. The van der Waals surface area contributed by atoms with Crippen LogP contribution in [0.15, 0.2) is 41.3 Å². The monoisotopic (exact) mass is 286 g/mol. The number of hydrogen-bond donors (Lipinski definition) is 2. The number of carboxylic acid groups (broad SMARTS) is 1. The van der Waals surface area contributed by atoms with Gasteiger partial charge in [-0.25, -0.2) is 4.79 Å². The highest BCUT2D eigenvalue weighted by Gasteiger charge is 2.08. The van der Waals surface area contributed by atoms with E-state index in [1.807, 2.05) is 6.92 Å². The lowest BCUT2D eigenvalue weighted by atomic mass is 10.0. The third-order valence-corrected chi connectivity index (χ3v) is 3.21. The van der Waals surface area contributed by atoms with Gasteiger partial charge in [0.05, 0.1) is 12.1 Å². The number of aryl methyl sites for hydroxylation is 1. The Morgan fingerprint density at radius 1 is 1.19 bits per heavy atom. The van der Waals surface area contributed by atoms with E-state index in [1.54, 1.807) is 18.2 Å². The van der Waals surface area contributed by atoms with E-state index in [2.05, 4.69) is 0 Å². The van der Waals surface area contributed by atoms with E-state index in [9.17, 15) is 14.4 Å². The summed E-state index contributed by atoms with van der Waals surface area (Å²) in [7, 11) is 0. The van der Waals surface area contributed by atoms with Crippen LogP contribution >= 0.6 is 0 Å². The molecule has 0 fully saturated rings. The summed E-state index contributed by atoms with van der Waals surface area (Å²) >= 11 is 0. The Balaban J connectivity index is 2.32. The Kier molecular flexibility index (Phi) is 3.89. The molecule has 0 spiro atoms. The van der Waals surface area contributed by atoms with Gasteiger partial charge in [-0.2, -0.15) is 0 Å². The number of amides is 1. The average molecular weight is 286 g/mol. The first-order valence-corrected chi connectivity index (χ1v) is 6.21. The first-order valence-electron chi connectivity index (χ1n) is 6.21. The van der Waals surface area contributed by atoms with Gasteiger partial charge >= 0.3 is 5.97 Å². The highest BCUT2D eigenvalue weighted by Crippen LogP contribution is 2.12. The molecule has 1 heterocycles. The van der Waals surface area contributed by atoms with Crippen molar-refractivity contribution in [3.8, 4) is 0 Å². The minimum atomic E-state index is -1.14. The van der Waals surface area contributed by atoms with E-state index in [-0.39, 0.29) is 5.56 Å². The highest BCUT2D eigenvalue weighted by molar-refractivity contribution is 5.93. The summed E-state index contributed by atoms with van der Waals surface area (Å²) in [4.78, 5) is 33.7. The van der Waals surface area contributed by atoms with Gasteiger partial charge in [0.25, 0.3) is 5.56 Å². The number of benzene rings is 1. The van der Waals surface area contributed by atoms with Gasteiger partial charge in [-0.15, -0.1) is 0 Å². The van der Waals surface area contributed by atoms with Crippen molar-refractivity contribution < 1.29 is 14.7 Å². The quantitative estimate of drug-likeness (QED) is 0.875. The first-order chi connectivity index (χ1) is 9.88. The molecule has 1 amide bonds. The minimum Gasteiger partial charge on any atom is -0.478 e. The fourth-order valence-corrected chi connectivity index (χ4v) is 1.98. The van der Waals surface area contributed by atoms with Crippen LogP contribution in [-0.2, 0) is 6.54 Å². The van der Waals surface area contributed by atoms with Crippen molar-refractivity contribution >= 4 is 11.9 Å². The molecule has 2 rings (SSSR count). The van der Waals surface area contributed by atoms with Crippen molar-refractivity contribution in [3.05, 3.63) is 69.1 Å². The van der Waals surface area contributed by atoms with Crippen LogP contribution in [0.3, 0.4) is 0 Å². The lowest BCUT2D eigenvalue weighted by Gasteiger charge is -2.10. The van der Waals surface area contributed by atoms with Crippen molar-refractivity contribution in [1.29, 1.82) is 0 Å². The second-order valence-electron chi connectivity index (χ2n) is 4.69. The molecule has 0 unspecified atom stereocenters. The second-order valence-corrected chi connectivity index (χ2v) is 4.69. The van der Waals surface area contributed by atoms with Crippen molar-refractivity contribution in [2.24, 2.45) is 5.73 Å². The number of carboxylic acids is 1. The lowest BCUT2D eigenvalue weighted by molar-refractivity contribution is 0.0696. The smallest absolute Gasteiger partial charge is 0.335 e. The van der Waals surface area contributed by atoms with Crippen molar-refractivity contribution in [1.82, 2.24) is 4.57 Å². The number of nitrogens with two attached hydrogens (primary N) is 1. The van der Waals surface area contributed by atoms with Gasteiger partial charge in [0.15, 0.2) is 0 Å². The van der Waals surface area contributed by atoms with Crippen molar-refractivity contribution in [2.45, 2.75) is 13.5 Å². The van der Waals surface area contributed by atoms with Gasteiger partial charge in [0, 0.05) is 17.8 Å². The summed E-state index contributed by atoms with van der Waals surface area (Å²) in [6.45, 7) is 2.11. The maximum Gasteiger partial charge on any atom is 0.335 e. The normalized spacial score (nSPS) is 10.3. The minimum absolute atomic E-state index is 0.0444. The average Bonchev–Trinajstić information content (AvgIpc) is 2.42. The van der Waals surface area contributed by atoms with Crippen LogP contribution in [0.1, 0.15) is 31.8 Å². The molecule has 6 nitrogen and oxygen atoms in total. The summed E-state index contributed by atoms with van der Waals surface area (Å²) in [5, 5.41) is 8.82.